The number of ether oxygens (including phenoxy) is 1. The minimum absolute atomic E-state index is 0.0842. The molecule has 142 valence electrons. The van der Waals surface area contributed by atoms with E-state index < -0.39 is 11.6 Å². The second kappa shape index (κ2) is 8.92. The van der Waals surface area contributed by atoms with Gasteiger partial charge in [0.05, 0.1) is 0 Å². The summed E-state index contributed by atoms with van der Waals surface area (Å²) in [5.41, 5.74) is 2.38. The fourth-order valence-corrected chi connectivity index (χ4v) is 2.72. The maximum atomic E-state index is 13.5. The van der Waals surface area contributed by atoms with Gasteiger partial charge < -0.3 is 4.74 Å². The maximum absolute atomic E-state index is 13.5. The second-order valence-corrected chi connectivity index (χ2v) is 5.72. The molecule has 0 aliphatic rings. The lowest BCUT2D eigenvalue weighted by Gasteiger charge is -2.14. The van der Waals surface area contributed by atoms with E-state index in [2.05, 4.69) is 15.5 Å². The number of methoxy groups -OCH3 is 1. The number of hydrogen-bond acceptors (Lipinski definition) is 5. The first kappa shape index (κ1) is 19.2. The van der Waals surface area contributed by atoms with Crippen LogP contribution in [0.15, 0.2) is 60.7 Å². The van der Waals surface area contributed by atoms with E-state index in [1.807, 2.05) is 0 Å². The van der Waals surface area contributed by atoms with Crippen LogP contribution in [0.5, 0.6) is 0 Å². The van der Waals surface area contributed by atoms with Crippen LogP contribution < -0.4 is 0 Å². The van der Waals surface area contributed by atoms with Gasteiger partial charge in [-0.3, -0.25) is 4.79 Å². The first-order valence-electron chi connectivity index (χ1n) is 8.27. The molecule has 1 heterocycles. The SMILES string of the molecule is COCn1nnnc1C(/C=C/C=O)=C(c1ccc(F)cc1)c1ccc(F)cc1. The summed E-state index contributed by atoms with van der Waals surface area (Å²) in [5, 5.41) is 11.6. The van der Waals surface area contributed by atoms with Gasteiger partial charge in [0.25, 0.3) is 0 Å². The standard InChI is InChI=1S/C20H16F2N4O2/c1-28-13-26-20(23-24-25-26)18(3-2-12-27)19(14-4-8-16(21)9-5-14)15-6-10-17(22)11-7-15/h2-12H,13H2,1H3/b3-2+. The van der Waals surface area contributed by atoms with Crippen LogP contribution in [-0.2, 0) is 16.3 Å². The molecule has 0 N–H and O–H groups in total. The Morgan fingerprint density at radius 1 is 1.04 bits per heavy atom. The number of rotatable bonds is 7. The van der Waals surface area contributed by atoms with E-state index in [1.54, 1.807) is 30.3 Å². The highest BCUT2D eigenvalue weighted by atomic mass is 19.1. The molecule has 28 heavy (non-hydrogen) atoms. The smallest absolute Gasteiger partial charge is 0.185 e. The summed E-state index contributed by atoms with van der Waals surface area (Å²) >= 11 is 0. The minimum atomic E-state index is -0.392. The van der Waals surface area contributed by atoms with Crippen LogP contribution in [0.3, 0.4) is 0 Å². The third kappa shape index (κ3) is 4.24. The van der Waals surface area contributed by atoms with Crippen molar-refractivity contribution in [1.29, 1.82) is 0 Å². The molecule has 0 unspecified atom stereocenters. The van der Waals surface area contributed by atoms with E-state index >= 15 is 0 Å². The van der Waals surface area contributed by atoms with E-state index in [1.165, 1.54) is 42.1 Å². The number of nitrogens with zero attached hydrogens (tertiary/aromatic N) is 4. The summed E-state index contributed by atoms with van der Waals surface area (Å²) in [4.78, 5) is 11.0. The van der Waals surface area contributed by atoms with Crippen molar-refractivity contribution in [1.82, 2.24) is 20.2 Å². The van der Waals surface area contributed by atoms with Crippen molar-refractivity contribution in [3.05, 3.63) is 89.3 Å². The third-order valence-corrected chi connectivity index (χ3v) is 3.90. The molecule has 8 heteroatoms. The number of allylic oxidation sites excluding steroid dienone is 3. The van der Waals surface area contributed by atoms with Crippen LogP contribution >= 0.6 is 0 Å². The van der Waals surface area contributed by atoms with Crippen LogP contribution in [0.2, 0.25) is 0 Å². The summed E-state index contributed by atoms with van der Waals surface area (Å²) in [6.45, 7) is 0.0842. The van der Waals surface area contributed by atoms with Gasteiger partial charge in [-0.05, 0) is 63.5 Å². The van der Waals surface area contributed by atoms with Crippen molar-refractivity contribution in [2.24, 2.45) is 0 Å². The van der Waals surface area contributed by atoms with E-state index in [9.17, 15) is 13.6 Å². The molecule has 2 aromatic carbocycles. The van der Waals surface area contributed by atoms with Gasteiger partial charge in [0.1, 0.15) is 24.7 Å². The molecule has 3 rings (SSSR count). The van der Waals surface area contributed by atoms with Gasteiger partial charge in [0.15, 0.2) is 5.82 Å². The molecule has 0 bridgehead atoms. The molecule has 0 fully saturated rings. The van der Waals surface area contributed by atoms with Gasteiger partial charge in [-0.15, -0.1) is 5.10 Å². The van der Waals surface area contributed by atoms with Crippen LogP contribution in [0.25, 0.3) is 11.1 Å². The Kier molecular flexibility index (Phi) is 6.13. The number of carbonyl (C=O) groups is 1. The maximum Gasteiger partial charge on any atom is 0.185 e. The lowest BCUT2D eigenvalue weighted by molar-refractivity contribution is -0.104. The lowest BCUT2D eigenvalue weighted by atomic mass is 9.92. The van der Waals surface area contributed by atoms with Gasteiger partial charge in [0, 0.05) is 12.7 Å². The van der Waals surface area contributed by atoms with Crippen molar-refractivity contribution in [2.45, 2.75) is 6.73 Å². The Balaban J connectivity index is 2.33. The molecule has 6 nitrogen and oxygen atoms in total. The van der Waals surface area contributed by atoms with E-state index in [0.29, 0.717) is 34.4 Å². The molecule has 0 aliphatic heterocycles. The predicted octanol–water partition coefficient (Wildman–Crippen LogP) is 3.27. The molecule has 0 spiro atoms. The Bertz CT molecular complexity index is 962. The van der Waals surface area contributed by atoms with Gasteiger partial charge in [-0.1, -0.05) is 24.3 Å². The first-order chi connectivity index (χ1) is 13.6. The summed E-state index contributed by atoms with van der Waals surface area (Å²) in [5.74, 6) is -0.448. The van der Waals surface area contributed by atoms with Gasteiger partial charge in [0.2, 0.25) is 0 Å². The average Bonchev–Trinajstić information content (AvgIpc) is 3.15. The Morgan fingerprint density at radius 2 is 1.61 bits per heavy atom. The van der Waals surface area contributed by atoms with E-state index in [-0.39, 0.29) is 6.73 Å². The molecule has 3 aromatic rings. The Morgan fingerprint density at radius 3 is 2.11 bits per heavy atom. The summed E-state index contributed by atoms with van der Waals surface area (Å²) in [7, 11) is 1.50. The van der Waals surface area contributed by atoms with Gasteiger partial charge in [-0.25, -0.2) is 8.78 Å². The monoisotopic (exact) mass is 382 g/mol. The largest absolute Gasteiger partial charge is 0.362 e. The minimum Gasteiger partial charge on any atom is -0.362 e. The van der Waals surface area contributed by atoms with Crippen molar-refractivity contribution in [3.8, 4) is 0 Å². The normalized spacial score (nSPS) is 11.0. The molecular weight excluding hydrogens is 366 g/mol. The van der Waals surface area contributed by atoms with Crippen molar-refractivity contribution >= 4 is 17.4 Å². The highest BCUT2D eigenvalue weighted by Crippen LogP contribution is 2.32. The molecule has 0 saturated carbocycles. The fourth-order valence-electron chi connectivity index (χ4n) is 2.72. The molecule has 1 aromatic heterocycles. The summed E-state index contributed by atoms with van der Waals surface area (Å²) in [6, 6.07) is 11.6. The highest BCUT2D eigenvalue weighted by molar-refractivity contribution is 6.01. The number of halogens is 2. The third-order valence-electron chi connectivity index (χ3n) is 3.90. The van der Waals surface area contributed by atoms with Crippen molar-refractivity contribution in [2.75, 3.05) is 7.11 Å². The van der Waals surface area contributed by atoms with Crippen molar-refractivity contribution < 1.29 is 18.3 Å². The fraction of sp³-hybridized carbons (Fsp3) is 0.100. The zero-order valence-corrected chi connectivity index (χ0v) is 14.9. The molecule has 0 saturated heterocycles. The number of tetrazole rings is 1. The van der Waals surface area contributed by atoms with E-state index in [0.717, 1.165) is 0 Å². The predicted molar refractivity (Wildman–Crippen MR) is 98.7 cm³/mol. The zero-order valence-electron chi connectivity index (χ0n) is 14.9. The van der Waals surface area contributed by atoms with E-state index in [4.69, 9.17) is 4.74 Å². The molecule has 0 amide bonds. The van der Waals surface area contributed by atoms with Crippen LogP contribution in [0.1, 0.15) is 17.0 Å². The highest BCUT2D eigenvalue weighted by Gasteiger charge is 2.18. The lowest BCUT2D eigenvalue weighted by Crippen LogP contribution is -2.08. The number of aromatic nitrogens is 4. The number of hydrogen-bond donors (Lipinski definition) is 0. The van der Waals surface area contributed by atoms with Gasteiger partial charge >= 0.3 is 0 Å². The Hall–Kier alpha value is -3.52. The number of aldehydes is 1. The van der Waals surface area contributed by atoms with Crippen LogP contribution in [0, 0.1) is 11.6 Å². The second-order valence-electron chi connectivity index (χ2n) is 5.72. The Labute approximate surface area is 159 Å². The quantitative estimate of drug-likeness (QED) is 0.356. The average molecular weight is 382 g/mol. The molecule has 0 radical (unpaired) electrons. The first-order valence-corrected chi connectivity index (χ1v) is 8.27. The summed E-state index contributed by atoms with van der Waals surface area (Å²) < 4.78 is 33.5. The molecular formula is C20H16F2N4O2. The van der Waals surface area contributed by atoms with Crippen molar-refractivity contribution in [3.63, 3.8) is 0 Å². The number of benzene rings is 2. The molecule has 0 atom stereocenters. The topological polar surface area (TPSA) is 69.9 Å². The number of carbonyl (C=O) groups excluding carboxylic acids is 1. The van der Waals surface area contributed by atoms with Crippen LogP contribution in [0.4, 0.5) is 8.78 Å². The zero-order chi connectivity index (χ0) is 19.9. The molecule has 0 aliphatic carbocycles. The van der Waals surface area contributed by atoms with Crippen LogP contribution in [-0.4, -0.2) is 33.6 Å². The van der Waals surface area contributed by atoms with Gasteiger partial charge in [-0.2, -0.15) is 4.68 Å². The summed E-state index contributed by atoms with van der Waals surface area (Å²) in [6.07, 6.45) is 3.47.